The Morgan fingerprint density at radius 2 is 1.78 bits per heavy atom. The van der Waals surface area contributed by atoms with Crippen molar-refractivity contribution in [2.45, 2.75) is 19.1 Å². The van der Waals surface area contributed by atoms with Crippen LogP contribution in [0.4, 0.5) is 0 Å². The van der Waals surface area contributed by atoms with Crippen molar-refractivity contribution in [3.05, 3.63) is 90.0 Å². The molecule has 0 aliphatic rings. The maximum Gasteiger partial charge on any atom is 0.247 e. The molecule has 4 rings (SSSR count). The maximum absolute atomic E-state index is 13.9. The second-order valence-electron chi connectivity index (χ2n) is 8.21. The Morgan fingerprint density at radius 3 is 2.56 bits per heavy atom. The monoisotopic (exact) mass is 487 g/mol. The van der Waals surface area contributed by atoms with Crippen LogP contribution in [0.1, 0.15) is 17.2 Å². The summed E-state index contributed by atoms with van der Waals surface area (Å²) in [5, 5.41) is 11.2. The molecule has 9 heteroatoms. The minimum atomic E-state index is -0.903. The van der Waals surface area contributed by atoms with E-state index in [4.69, 9.17) is 9.47 Å². The third-order valence-electron chi connectivity index (χ3n) is 5.80. The van der Waals surface area contributed by atoms with Gasteiger partial charge in [-0.25, -0.2) is 4.68 Å². The minimum absolute atomic E-state index is 0.0703. The summed E-state index contributed by atoms with van der Waals surface area (Å²) >= 11 is 0. The number of aromatic nitrogens is 3. The molecule has 0 spiro atoms. The van der Waals surface area contributed by atoms with Crippen LogP contribution in [0, 0.1) is 0 Å². The van der Waals surface area contributed by atoms with Gasteiger partial charge in [0, 0.05) is 20.2 Å². The van der Waals surface area contributed by atoms with Crippen LogP contribution in [-0.2, 0) is 27.4 Å². The molecule has 0 fully saturated rings. The van der Waals surface area contributed by atoms with Gasteiger partial charge in [-0.05, 0) is 35.4 Å². The summed E-state index contributed by atoms with van der Waals surface area (Å²) in [5.41, 5.74) is 2.97. The van der Waals surface area contributed by atoms with E-state index in [0.29, 0.717) is 30.0 Å². The average Bonchev–Trinajstić information content (AvgIpc) is 3.32. The van der Waals surface area contributed by atoms with E-state index in [-0.39, 0.29) is 24.9 Å². The molecule has 1 aromatic heterocycles. The van der Waals surface area contributed by atoms with Crippen molar-refractivity contribution in [2.75, 3.05) is 27.4 Å². The summed E-state index contributed by atoms with van der Waals surface area (Å²) in [4.78, 5) is 29.0. The molecule has 1 N–H and O–H groups in total. The van der Waals surface area contributed by atoms with E-state index in [1.807, 2.05) is 60.7 Å². The van der Waals surface area contributed by atoms with Gasteiger partial charge in [0.2, 0.25) is 11.8 Å². The van der Waals surface area contributed by atoms with Gasteiger partial charge in [0.1, 0.15) is 23.9 Å². The summed E-state index contributed by atoms with van der Waals surface area (Å²) in [7, 11) is 3.13. The lowest BCUT2D eigenvalue weighted by Gasteiger charge is -2.32. The number of para-hydroxylation sites is 1. The van der Waals surface area contributed by atoms with E-state index < -0.39 is 6.04 Å². The van der Waals surface area contributed by atoms with E-state index in [2.05, 4.69) is 15.6 Å². The van der Waals surface area contributed by atoms with Gasteiger partial charge in [-0.3, -0.25) is 9.59 Å². The molecule has 186 valence electrons. The molecule has 36 heavy (non-hydrogen) atoms. The zero-order valence-corrected chi connectivity index (χ0v) is 20.3. The highest BCUT2D eigenvalue weighted by molar-refractivity contribution is 5.89. The average molecular weight is 488 g/mol. The molecule has 9 nitrogen and oxygen atoms in total. The lowest BCUT2D eigenvalue weighted by molar-refractivity contribution is -0.142. The molecule has 3 aromatic carbocycles. The molecule has 2 amide bonds. The van der Waals surface area contributed by atoms with Crippen LogP contribution in [0.2, 0.25) is 0 Å². The predicted octanol–water partition coefficient (Wildman–Crippen LogP) is 2.97. The Labute approximate surface area is 209 Å². The topological polar surface area (TPSA) is 98.6 Å². The van der Waals surface area contributed by atoms with Gasteiger partial charge in [-0.1, -0.05) is 59.8 Å². The first-order chi connectivity index (χ1) is 17.6. The van der Waals surface area contributed by atoms with E-state index in [1.54, 1.807) is 42.0 Å². The van der Waals surface area contributed by atoms with Gasteiger partial charge >= 0.3 is 0 Å². The molecule has 0 aliphatic carbocycles. The number of benzene rings is 3. The third-order valence-corrected chi connectivity index (χ3v) is 5.80. The van der Waals surface area contributed by atoms with Crippen molar-refractivity contribution >= 4 is 22.8 Å². The normalized spacial score (nSPS) is 11.7. The van der Waals surface area contributed by atoms with Crippen LogP contribution < -0.4 is 10.1 Å². The van der Waals surface area contributed by atoms with Gasteiger partial charge in [0.25, 0.3) is 0 Å². The van der Waals surface area contributed by atoms with Gasteiger partial charge < -0.3 is 19.7 Å². The molecule has 0 unspecified atom stereocenters. The lowest BCUT2D eigenvalue weighted by atomic mass is 10.0. The van der Waals surface area contributed by atoms with Gasteiger partial charge in [0.15, 0.2) is 0 Å². The number of nitrogens with one attached hydrogen (secondary N) is 1. The van der Waals surface area contributed by atoms with Crippen LogP contribution in [-0.4, -0.2) is 59.1 Å². The fourth-order valence-corrected chi connectivity index (χ4v) is 4.01. The predicted molar refractivity (Wildman–Crippen MR) is 135 cm³/mol. The first-order valence-electron chi connectivity index (χ1n) is 11.6. The van der Waals surface area contributed by atoms with Crippen molar-refractivity contribution in [3.63, 3.8) is 0 Å². The van der Waals surface area contributed by atoms with Crippen molar-refractivity contribution in [3.8, 4) is 5.75 Å². The molecular formula is C27H29N5O4. The smallest absolute Gasteiger partial charge is 0.247 e. The zero-order valence-electron chi connectivity index (χ0n) is 20.3. The van der Waals surface area contributed by atoms with E-state index in [0.717, 1.165) is 11.1 Å². The van der Waals surface area contributed by atoms with Crippen LogP contribution in [0.25, 0.3) is 11.0 Å². The number of nitrogens with zero attached hydrogens (tertiary/aromatic N) is 4. The molecule has 0 bridgehead atoms. The second-order valence-corrected chi connectivity index (χ2v) is 8.21. The molecule has 1 atom stereocenters. The standard InChI is InChI=1S/C27H29N5O4/c1-35-16-15-28-27(34)26(21-11-8-12-22(17-21)36-2)31(18-20-9-4-3-5-10-20)25(33)19-32-24-14-7-6-13-23(24)29-30-32/h3-14,17,26H,15-16,18-19H2,1-2H3,(H,28,34)/t26-/m1/s1. The van der Waals surface area contributed by atoms with Crippen molar-refractivity contribution < 1.29 is 19.1 Å². The number of carbonyl (C=O) groups is 2. The molecule has 1 heterocycles. The quantitative estimate of drug-likeness (QED) is 0.327. The Morgan fingerprint density at radius 1 is 1.00 bits per heavy atom. The third kappa shape index (κ3) is 5.87. The number of fused-ring (bicyclic) bond motifs is 1. The molecule has 0 aliphatic heterocycles. The highest BCUT2D eigenvalue weighted by atomic mass is 16.5. The Hall–Kier alpha value is -4.24. The van der Waals surface area contributed by atoms with Crippen LogP contribution in [0.5, 0.6) is 5.75 Å². The Balaban J connectivity index is 1.73. The number of hydrogen-bond acceptors (Lipinski definition) is 6. The molecule has 0 saturated heterocycles. The van der Waals surface area contributed by atoms with Crippen molar-refractivity contribution in [1.82, 2.24) is 25.2 Å². The SMILES string of the molecule is COCCNC(=O)[C@@H](c1cccc(OC)c1)N(Cc1ccccc1)C(=O)Cn1nnc2ccccc21. The second kappa shape index (κ2) is 11.9. The summed E-state index contributed by atoms with van der Waals surface area (Å²) in [6.07, 6.45) is 0. The summed E-state index contributed by atoms with van der Waals surface area (Å²) in [6.45, 7) is 0.829. The Kier molecular flexibility index (Phi) is 8.25. The first-order valence-corrected chi connectivity index (χ1v) is 11.6. The number of rotatable bonds is 11. The maximum atomic E-state index is 13.9. The summed E-state index contributed by atoms with van der Waals surface area (Å²) in [5.74, 6) is 0.00817. The highest BCUT2D eigenvalue weighted by Gasteiger charge is 2.32. The number of methoxy groups -OCH3 is 2. The molecular weight excluding hydrogens is 458 g/mol. The van der Waals surface area contributed by atoms with Crippen LogP contribution in [0.3, 0.4) is 0 Å². The van der Waals surface area contributed by atoms with E-state index in [9.17, 15) is 9.59 Å². The van der Waals surface area contributed by atoms with Gasteiger partial charge in [-0.2, -0.15) is 0 Å². The van der Waals surface area contributed by atoms with Crippen LogP contribution in [0.15, 0.2) is 78.9 Å². The van der Waals surface area contributed by atoms with Crippen molar-refractivity contribution in [2.24, 2.45) is 0 Å². The van der Waals surface area contributed by atoms with Gasteiger partial charge in [-0.15, -0.1) is 5.10 Å². The van der Waals surface area contributed by atoms with Crippen molar-refractivity contribution in [1.29, 1.82) is 0 Å². The fourth-order valence-electron chi connectivity index (χ4n) is 4.01. The first kappa shape index (κ1) is 24.9. The van der Waals surface area contributed by atoms with Crippen LogP contribution >= 0.6 is 0 Å². The minimum Gasteiger partial charge on any atom is -0.497 e. The number of amides is 2. The molecule has 0 radical (unpaired) electrons. The lowest BCUT2D eigenvalue weighted by Crippen LogP contribution is -2.45. The molecule has 4 aromatic rings. The molecule has 0 saturated carbocycles. The van der Waals surface area contributed by atoms with Gasteiger partial charge in [0.05, 0.1) is 19.2 Å². The van der Waals surface area contributed by atoms with E-state index in [1.165, 1.54) is 0 Å². The largest absolute Gasteiger partial charge is 0.497 e. The Bertz CT molecular complexity index is 1310. The zero-order chi connectivity index (χ0) is 25.3. The fraction of sp³-hybridized carbons (Fsp3) is 0.259. The highest BCUT2D eigenvalue weighted by Crippen LogP contribution is 2.27. The summed E-state index contributed by atoms with van der Waals surface area (Å²) < 4.78 is 12.0. The number of ether oxygens (including phenoxy) is 2. The summed E-state index contributed by atoms with van der Waals surface area (Å²) in [6, 6.07) is 23.3. The number of hydrogen-bond donors (Lipinski definition) is 1. The van der Waals surface area contributed by atoms with E-state index >= 15 is 0 Å². The number of carbonyl (C=O) groups excluding carboxylic acids is 2.